The van der Waals surface area contributed by atoms with Gasteiger partial charge in [0, 0.05) is 17.9 Å². The number of aliphatic hydroxyl groups is 4. The maximum Gasteiger partial charge on any atom is 0.331 e. The molecule has 9 nitrogen and oxygen atoms in total. The molecule has 0 bridgehead atoms. The number of esters is 1. The monoisotopic (exact) mass is 534 g/mol. The van der Waals surface area contributed by atoms with Crippen molar-refractivity contribution in [1.29, 1.82) is 0 Å². The molecule has 7 aliphatic rings. The van der Waals surface area contributed by atoms with Crippen LogP contribution in [0.3, 0.4) is 0 Å². The average Bonchev–Trinajstić information content (AvgIpc) is 3.36. The zero-order valence-electron chi connectivity index (χ0n) is 22.5. The van der Waals surface area contributed by atoms with Gasteiger partial charge in [-0.3, -0.25) is 0 Å². The Bertz CT molecular complexity index is 1050. The van der Waals surface area contributed by atoms with Crippen LogP contribution >= 0.6 is 0 Å². The van der Waals surface area contributed by atoms with Gasteiger partial charge in [-0.1, -0.05) is 13.8 Å². The number of cyclic esters (lactones) is 1. The minimum Gasteiger partial charge on any atom is -0.458 e. The second-order valence-electron chi connectivity index (χ2n) is 14.0. The quantitative estimate of drug-likeness (QED) is 0.293. The van der Waals surface area contributed by atoms with Gasteiger partial charge in [0.05, 0.1) is 30.0 Å². The summed E-state index contributed by atoms with van der Waals surface area (Å²) in [6, 6.07) is 0. The second kappa shape index (κ2) is 8.24. The molecule has 7 rings (SSSR count). The van der Waals surface area contributed by atoms with E-state index in [9.17, 15) is 25.2 Å². The number of hydrogen-bond acceptors (Lipinski definition) is 9. The topological polar surface area (TPSA) is 135 Å². The molecule has 0 aromatic heterocycles. The fourth-order valence-corrected chi connectivity index (χ4v) is 10.3. The van der Waals surface area contributed by atoms with Crippen LogP contribution in [0, 0.1) is 34.5 Å². The molecule has 0 aromatic rings. The van der Waals surface area contributed by atoms with Gasteiger partial charge >= 0.3 is 5.97 Å². The van der Waals surface area contributed by atoms with Gasteiger partial charge < -0.3 is 39.4 Å². The Hall–Kier alpha value is -1.07. The van der Waals surface area contributed by atoms with E-state index < -0.39 is 35.3 Å². The molecule has 0 spiro atoms. The largest absolute Gasteiger partial charge is 0.458 e. The summed E-state index contributed by atoms with van der Waals surface area (Å²) < 4.78 is 23.6. The smallest absolute Gasteiger partial charge is 0.331 e. The fraction of sp³-hybridized carbons (Fsp3) is 0.897. The van der Waals surface area contributed by atoms with E-state index in [0.717, 1.165) is 37.7 Å². The van der Waals surface area contributed by atoms with Crippen LogP contribution in [-0.4, -0.2) is 81.2 Å². The first-order valence-electron chi connectivity index (χ1n) is 14.6. The molecular formula is C29H42O9. The van der Waals surface area contributed by atoms with Gasteiger partial charge in [-0.05, 0) is 86.5 Å². The van der Waals surface area contributed by atoms with Crippen LogP contribution < -0.4 is 0 Å². The highest BCUT2D eigenvalue weighted by molar-refractivity contribution is 5.85. The Morgan fingerprint density at radius 2 is 1.74 bits per heavy atom. The van der Waals surface area contributed by atoms with Crippen LogP contribution in [0.15, 0.2) is 11.6 Å². The molecule has 3 heterocycles. The van der Waals surface area contributed by atoms with Crippen LogP contribution in [-0.2, 0) is 23.7 Å². The van der Waals surface area contributed by atoms with E-state index in [2.05, 4.69) is 13.8 Å². The lowest BCUT2D eigenvalue weighted by Crippen LogP contribution is -2.71. The Morgan fingerprint density at radius 3 is 2.47 bits per heavy atom. The maximum absolute atomic E-state index is 12.5. The molecule has 3 aliphatic heterocycles. The van der Waals surface area contributed by atoms with Crippen molar-refractivity contribution in [3.8, 4) is 0 Å². The van der Waals surface area contributed by atoms with Gasteiger partial charge in [-0.2, -0.15) is 0 Å². The molecule has 0 radical (unpaired) electrons. The summed E-state index contributed by atoms with van der Waals surface area (Å²) in [7, 11) is 0. The molecule has 6 fully saturated rings. The van der Waals surface area contributed by atoms with Gasteiger partial charge in [0.15, 0.2) is 0 Å². The molecule has 9 heteroatoms. The first-order chi connectivity index (χ1) is 17.9. The van der Waals surface area contributed by atoms with Crippen LogP contribution in [0.5, 0.6) is 0 Å². The van der Waals surface area contributed by atoms with Gasteiger partial charge in [0.25, 0.3) is 0 Å². The minimum absolute atomic E-state index is 0.0810. The van der Waals surface area contributed by atoms with E-state index in [1.54, 1.807) is 6.08 Å². The van der Waals surface area contributed by atoms with Gasteiger partial charge in [0.2, 0.25) is 12.1 Å². The summed E-state index contributed by atoms with van der Waals surface area (Å²) in [5.41, 5.74) is -1.08. The van der Waals surface area contributed by atoms with E-state index in [1.165, 1.54) is 0 Å². The highest BCUT2D eigenvalue weighted by Gasteiger charge is 2.72. The molecule has 0 aromatic carbocycles. The zero-order chi connectivity index (χ0) is 26.8. The Kier molecular flexibility index (Phi) is 5.61. The summed E-state index contributed by atoms with van der Waals surface area (Å²) >= 11 is 0. The third-order valence-electron chi connectivity index (χ3n) is 12.4. The molecule has 0 amide bonds. The number of carbonyl (C=O) groups is 1. The van der Waals surface area contributed by atoms with Crippen molar-refractivity contribution in [1.82, 2.24) is 0 Å². The summed E-state index contributed by atoms with van der Waals surface area (Å²) in [6.45, 7) is 6.48. The minimum atomic E-state index is -1.89. The second-order valence-corrected chi connectivity index (χ2v) is 14.0. The van der Waals surface area contributed by atoms with Crippen molar-refractivity contribution in [3.63, 3.8) is 0 Å². The van der Waals surface area contributed by atoms with Crippen molar-refractivity contribution in [2.45, 2.75) is 120 Å². The Labute approximate surface area is 223 Å². The predicted octanol–water partition coefficient (Wildman–Crippen LogP) is 1.79. The summed E-state index contributed by atoms with van der Waals surface area (Å²) in [5, 5.41) is 45.9. The molecule has 4 saturated carbocycles. The number of ether oxygens (including phenoxy) is 4. The first kappa shape index (κ1) is 25.9. The summed E-state index contributed by atoms with van der Waals surface area (Å²) in [4.78, 5) is 11.8. The summed E-state index contributed by atoms with van der Waals surface area (Å²) in [5.74, 6) is -1.87. The molecule has 4 aliphatic carbocycles. The van der Waals surface area contributed by atoms with Crippen molar-refractivity contribution in [2.24, 2.45) is 34.5 Å². The first-order valence-corrected chi connectivity index (χ1v) is 14.6. The lowest BCUT2D eigenvalue weighted by atomic mass is 9.42. The molecule has 14 atom stereocenters. The van der Waals surface area contributed by atoms with Gasteiger partial charge in [-0.15, -0.1) is 0 Å². The van der Waals surface area contributed by atoms with Crippen molar-refractivity contribution in [3.05, 3.63) is 11.6 Å². The third kappa shape index (κ3) is 3.21. The third-order valence-corrected chi connectivity index (χ3v) is 12.4. The van der Waals surface area contributed by atoms with E-state index in [-0.39, 0.29) is 60.5 Å². The molecule has 4 N–H and O–H groups in total. The van der Waals surface area contributed by atoms with Crippen LogP contribution in [0.2, 0.25) is 0 Å². The lowest BCUT2D eigenvalue weighted by Gasteiger charge is -2.65. The molecule has 14 unspecified atom stereocenters. The Balaban J connectivity index is 1.17. The standard InChI is InChI=1S/C29H42O9/c1-14-8-23(31)29(34)25(36-14)37-20-10-16-4-5-18-17(26(16,2)12-21(20)38-29)6-7-27(3)19(11-22(30)28(18,27)33)15-9-24(32)35-13-15/h9,14,16-23,25,30-31,33-34H,4-8,10-13H2,1-3H3. The molecule has 2 saturated heterocycles. The number of fused-ring (bicyclic) bond motifs is 7. The van der Waals surface area contributed by atoms with Crippen molar-refractivity contribution >= 4 is 5.97 Å². The SMILES string of the molecule is CC1CC(O)C2(O)OC3CC4(C)C(CCC5C4CCC4(C)C(C6=CC(=O)OC6)CC(O)C54O)CC3OC2O1. The van der Waals surface area contributed by atoms with E-state index in [0.29, 0.717) is 18.8 Å². The van der Waals surface area contributed by atoms with Crippen molar-refractivity contribution in [2.75, 3.05) is 6.61 Å². The zero-order valence-corrected chi connectivity index (χ0v) is 22.5. The number of carbonyl (C=O) groups excluding carboxylic acids is 1. The number of aliphatic hydroxyl groups excluding tert-OH is 2. The highest BCUT2D eigenvalue weighted by atomic mass is 16.8. The fourth-order valence-electron chi connectivity index (χ4n) is 10.3. The number of hydrogen-bond donors (Lipinski definition) is 4. The van der Waals surface area contributed by atoms with Crippen LogP contribution in [0.1, 0.15) is 72.1 Å². The van der Waals surface area contributed by atoms with E-state index >= 15 is 0 Å². The molecular weight excluding hydrogens is 492 g/mol. The normalized spacial score (nSPS) is 59.6. The van der Waals surface area contributed by atoms with E-state index in [4.69, 9.17) is 18.9 Å². The highest BCUT2D eigenvalue weighted by Crippen LogP contribution is 2.70. The average molecular weight is 535 g/mol. The number of rotatable bonds is 1. The predicted molar refractivity (Wildman–Crippen MR) is 132 cm³/mol. The van der Waals surface area contributed by atoms with Gasteiger partial charge in [-0.25, -0.2) is 4.79 Å². The van der Waals surface area contributed by atoms with Gasteiger partial charge in [0.1, 0.15) is 12.7 Å². The van der Waals surface area contributed by atoms with Crippen LogP contribution in [0.25, 0.3) is 0 Å². The molecule has 212 valence electrons. The summed E-state index contributed by atoms with van der Waals surface area (Å²) in [6.07, 6.45) is 3.29. The Morgan fingerprint density at radius 1 is 0.947 bits per heavy atom. The maximum atomic E-state index is 12.5. The van der Waals surface area contributed by atoms with Crippen LogP contribution in [0.4, 0.5) is 0 Å². The lowest BCUT2D eigenvalue weighted by molar-refractivity contribution is -0.458. The van der Waals surface area contributed by atoms with E-state index in [1.807, 2.05) is 6.92 Å². The molecule has 38 heavy (non-hydrogen) atoms. The van der Waals surface area contributed by atoms with Crippen molar-refractivity contribution < 1.29 is 44.2 Å².